The van der Waals surface area contributed by atoms with Crippen LogP contribution in [0.3, 0.4) is 0 Å². The van der Waals surface area contributed by atoms with Gasteiger partial charge < -0.3 is 15.5 Å². The zero-order valence-corrected chi connectivity index (χ0v) is 17.7. The summed E-state index contributed by atoms with van der Waals surface area (Å²) in [5.74, 6) is 1.40. The summed E-state index contributed by atoms with van der Waals surface area (Å²) in [6, 6.07) is 12.3. The average molecular weight is 391 g/mol. The Bertz CT molecular complexity index is 924. The molecule has 2 aromatic heterocycles. The number of benzene rings is 1. The van der Waals surface area contributed by atoms with E-state index in [9.17, 15) is 0 Å². The Kier molecular flexibility index (Phi) is 7.14. The lowest BCUT2D eigenvalue weighted by Crippen LogP contribution is -2.17. The summed E-state index contributed by atoms with van der Waals surface area (Å²) in [7, 11) is 4.16. The molecule has 0 radical (unpaired) electrons. The molecule has 0 saturated heterocycles. The number of nitrogens with one attached hydrogen (secondary N) is 2. The number of hydrogen-bond acceptors (Lipinski definition) is 6. The van der Waals surface area contributed by atoms with Gasteiger partial charge in [0.05, 0.1) is 5.69 Å². The van der Waals surface area contributed by atoms with Crippen LogP contribution >= 0.6 is 0 Å². The molecule has 2 N–H and O–H groups in total. The molecule has 0 fully saturated rings. The highest BCUT2D eigenvalue weighted by Crippen LogP contribution is 2.27. The van der Waals surface area contributed by atoms with Crippen LogP contribution < -0.4 is 10.6 Å². The van der Waals surface area contributed by atoms with Crippen LogP contribution in [0.5, 0.6) is 0 Å². The molecule has 0 aliphatic heterocycles. The van der Waals surface area contributed by atoms with Crippen LogP contribution in [-0.4, -0.2) is 47.0 Å². The Balaban J connectivity index is 1.90. The normalized spacial score (nSPS) is 10.9. The van der Waals surface area contributed by atoms with Gasteiger partial charge in [-0.3, -0.25) is 4.98 Å². The fourth-order valence-electron chi connectivity index (χ4n) is 3.18. The van der Waals surface area contributed by atoms with Gasteiger partial charge in [-0.1, -0.05) is 25.1 Å². The summed E-state index contributed by atoms with van der Waals surface area (Å²) in [6.07, 6.45) is 5.58. The number of aryl methyl sites for hydroxylation is 2. The van der Waals surface area contributed by atoms with E-state index in [4.69, 9.17) is 9.97 Å². The van der Waals surface area contributed by atoms with Crippen molar-refractivity contribution in [1.29, 1.82) is 0 Å². The topological polar surface area (TPSA) is 66.0 Å². The predicted octanol–water partition coefficient (Wildman–Crippen LogP) is 4.52. The second-order valence-corrected chi connectivity index (χ2v) is 7.37. The van der Waals surface area contributed by atoms with E-state index in [2.05, 4.69) is 66.7 Å². The van der Waals surface area contributed by atoms with E-state index in [1.807, 2.05) is 24.4 Å². The van der Waals surface area contributed by atoms with Gasteiger partial charge in [0.2, 0.25) is 5.95 Å². The third kappa shape index (κ3) is 5.74. The molecule has 6 nitrogen and oxygen atoms in total. The van der Waals surface area contributed by atoms with Crippen LogP contribution in [0.1, 0.15) is 24.5 Å². The van der Waals surface area contributed by atoms with Gasteiger partial charge >= 0.3 is 0 Å². The van der Waals surface area contributed by atoms with E-state index in [1.54, 1.807) is 6.20 Å². The quantitative estimate of drug-likeness (QED) is 0.524. The van der Waals surface area contributed by atoms with Crippen LogP contribution in [0.25, 0.3) is 11.3 Å². The van der Waals surface area contributed by atoms with Gasteiger partial charge in [0, 0.05) is 36.3 Å². The van der Waals surface area contributed by atoms with Crippen LogP contribution in [0.2, 0.25) is 0 Å². The van der Waals surface area contributed by atoms with Crippen LogP contribution in [-0.2, 0) is 6.42 Å². The molecule has 29 heavy (non-hydrogen) atoms. The van der Waals surface area contributed by atoms with E-state index < -0.39 is 0 Å². The van der Waals surface area contributed by atoms with Crippen molar-refractivity contribution in [3.8, 4) is 11.3 Å². The smallest absolute Gasteiger partial charge is 0.225 e. The van der Waals surface area contributed by atoms with E-state index in [0.717, 1.165) is 48.7 Å². The van der Waals surface area contributed by atoms with Crippen molar-refractivity contribution >= 4 is 17.5 Å². The number of nitrogens with zero attached hydrogens (tertiary/aromatic N) is 4. The Morgan fingerprint density at radius 2 is 1.93 bits per heavy atom. The number of hydrogen-bond donors (Lipinski definition) is 2. The SMILES string of the molecule is CCc1cccc(C)c1Nc1cc(-c2cccnc2)nc(NCCCN(C)C)n1. The zero-order valence-electron chi connectivity index (χ0n) is 17.7. The number of anilines is 3. The van der Waals surface area contributed by atoms with Crippen molar-refractivity contribution in [3.05, 3.63) is 59.9 Å². The third-order valence-electron chi connectivity index (χ3n) is 4.74. The van der Waals surface area contributed by atoms with E-state index in [1.165, 1.54) is 11.1 Å². The highest BCUT2D eigenvalue weighted by molar-refractivity contribution is 5.70. The summed E-state index contributed by atoms with van der Waals surface area (Å²) >= 11 is 0. The van der Waals surface area contributed by atoms with Crippen molar-refractivity contribution in [1.82, 2.24) is 19.9 Å². The van der Waals surface area contributed by atoms with Crippen molar-refractivity contribution < 1.29 is 0 Å². The maximum absolute atomic E-state index is 4.72. The molecule has 0 atom stereocenters. The summed E-state index contributed by atoms with van der Waals surface area (Å²) in [4.78, 5) is 15.8. The summed E-state index contributed by atoms with van der Waals surface area (Å²) < 4.78 is 0. The monoisotopic (exact) mass is 390 g/mol. The lowest BCUT2D eigenvalue weighted by Gasteiger charge is -2.16. The van der Waals surface area contributed by atoms with Gasteiger partial charge in [0.25, 0.3) is 0 Å². The minimum atomic E-state index is 0.624. The molecule has 152 valence electrons. The largest absolute Gasteiger partial charge is 0.354 e. The summed E-state index contributed by atoms with van der Waals surface area (Å²) in [5, 5.41) is 6.90. The number of aromatic nitrogens is 3. The maximum Gasteiger partial charge on any atom is 0.225 e. The first-order chi connectivity index (χ1) is 14.1. The highest BCUT2D eigenvalue weighted by atomic mass is 15.1. The molecule has 2 heterocycles. The minimum Gasteiger partial charge on any atom is -0.354 e. The second-order valence-electron chi connectivity index (χ2n) is 7.37. The second kappa shape index (κ2) is 9.98. The molecular weight excluding hydrogens is 360 g/mol. The van der Waals surface area contributed by atoms with Crippen molar-refractivity contribution in [2.75, 3.05) is 37.8 Å². The maximum atomic E-state index is 4.72. The van der Waals surface area contributed by atoms with Gasteiger partial charge in [0.15, 0.2) is 0 Å². The predicted molar refractivity (Wildman–Crippen MR) is 121 cm³/mol. The molecule has 6 heteroatoms. The van der Waals surface area contributed by atoms with Gasteiger partial charge in [0.1, 0.15) is 5.82 Å². The fraction of sp³-hybridized carbons (Fsp3) is 0.348. The van der Waals surface area contributed by atoms with E-state index in [0.29, 0.717) is 5.95 Å². The van der Waals surface area contributed by atoms with E-state index in [-0.39, 0.29) is 0 Å². The van der Waals surface area contributed by atoms with Gasteiger partial charge in [-0.2, -0.15) is 4.98 Å². The third-order valence-corrected chi connectivity index (χ3v) is 4.74. The molecule has 0 aliphatic carbocycles. The summed E-state index contributed by atoms with van der Waals surface area (Å²) in [5.41, 5.74) is 5.40. The molecule has 3 aromatic rings. The molecule has 0 aliphatic rings. The Hall–Kier alpha value is -2.99. The Morgan fingerprint density at radius 3 is 2.66 bits per heavy atom. The van der Waals surface area contributed by atoms with Gasteiger partial charge in [-0.05, 0) is 63.7 Å². The zero-order chi connectivity index (χ0) is 20.6. The van der Waals surface area contributed by atoms with Crippen LogP contribution in [0.4, 0.5) is 17.5 Å². The Labute approximate surface area is 173 Å². The Morgan fingerprint density at radius 1 is 1.07 bits per heavy atom. The standard InChI is InChI=1S/C23H30N6/c1-5-18-10-6-9-17(2)22(18)27-21-15-20(19-11-7-12-24-16-19)26-23(28-21)25-13-8-14-29(3)4/h6-7,9-12,15-16H,5,8,13-14H2,1-4H3,(H2,25,26,27,28). The van der Waals surface area contributed by atoms with Crippen molar-refractivity contribution in [3.63, 3.8) is 0 Å². The first kappa shape index (κ1) is 20.7. The first-order valence-corrected chi connectivity index (χ1v) is 10.1. The highest BCUT2D eigenvalue weighted by Gasteiger charge is 2.10. The van der Waals surface area contributed by atoms with Gasteiger partial charge in [-0.25, -0.2) is 4.98 Å². The fourth-order valence-corrected chi connectivity index (χ4v) is 3.18. The van der Waals surface area contributed by atoms with Gasteiger partial charge in [-0.15, -0.1) is 0 Å². The average Bonchev–Trinajstić information content (AvgIpc) is 2.73. The van der Waals surface area contributed by atoms with Crippen LogP contribution in [0, 0.1) is 6.92 Å². The van der Waals surface area contributed by atoms with E-state index >= 15 is 0 Å². The van der Waals surface area contributed by atoms with Crippen molar-refractivity contribution in [2.24, 2.45) is 0 Å². The molecule has 1 aromatic carbocycles. The lowest BCUT2D eigenvalue weighted by atomic mass is 10.1. The molecule has 0 amide bonds. The molecular formula is C23H30N6. The first-order valence-electron chi connectivity index (χ1n) is 10.1. The number of pyridine rings is 1. The molecule has 0 spiro atoms. The summed E-state index contributed by atoms with van der Waals surface area (Å²) in [6.45, 7) is 6.12. The molecule has 3 rings (SSSR count). The molecule has 0 saturated carbocycles. The lowest BCUT2D eigenvalue weighted by molar-refractivity contribution is 0.405. The molecule has 0 bridgehead atoms. The minimum absolute atomic E-state index is 0.624. The number of rotatable bonds is 9. The molecule has 0 unspecified atom stereocenters. The number of para-hydroxylation sites is 1. The van der Waals surface area contributed by atoms with Crippen LogP contribution in [0.15, 0.2) is 48.8 Å². The van der Waals surface area contributed by atoms with Crippen molar-refractivity contribution in [2.45, 2.75) is 26.7 Å².